The fraction of sp³-hybridized carbons (Fsp3) is 0.231. The largest absolute Gasteiger partial charge is 0.503 e. The Morgan fingerprint density at radius 1 is 1.09 bits per heavy atom. The minimum absolute atomic E-state index is 0.0744. The number of carbonyl (C=O) groups is 2. The maximum Gasteiger partial charge on any atom is 0.294 e. The van der Waals surface area contributed by atoms with Crippen molar-refractivity contribution in [2.45, 2.75) is 19.4 Å². The molecule has 1 aromatic heterocycles. The Morgan fingerprint density at radius 2 is 1.82 bits per heavy atom. The predicted molar refractivity (Wildman–Crippen MR) is 132 cm³/mol. The van der Waals surface area contributed by atoms with Gasteiger partial charge in [0, 0.05) is 19.8 Å². The molecule has 1 amide bonds. The van der Waals surface area contributed by atoms with Gasteiger partial charge >= 0.3 is 0 Å². The molecule has 2 aromatic carbocycles. The number of hydrogen-bond donors (Lipinski definition) is 1. The number of nitrogens with zero attached hydrogens (tertiary/aromatic N) is 2. The average molecular weight is 463 g/mol. The number of rotatable bonds is 8. The molecule has 7 heteroatoms. The summed E-state index contributed by atoms with van der Waals surface area (Å²) in [6.07, 6.45) is 0.809. The molecule has 3 aromatic rings. The Morgan fingerprint density at radius 3 is 2.45 bits per heavy atom. The predicted octanol–water partition coefficient (Wildman–Crippen LogP) is 5.39. The number of anilines is 2. The van der Waals surface area contributed by atoms with E-state index in [0.29, 0.717) is 22.9 Å². The smallest absolute Gasteiger partial charge is 0.294 e. The molecular formula is C26H26N2O4S. The summed E-state index contributed by atoms with van der Waals surface area (Å²) in [5.41, 5.74) is 2.30. The second-order valence-electron chi connectivity index (χ2n) is 7.95. The van der Waals surface area contributed by atoms with Gasteiger partial charge in [0.05, 0.1) is 28.8 Å². The highest BCUT2D eigenvalue weighted by atomic mass is 32.1. The van der Waals surface area contributed by atoms with E-state index in [9.17, 15) is 14.7 Å². The van der Waals surface area contributed by atoms with Gasteiger partial charge in [-0.25, -0.2) is 0 Å². The van der Waals surface area contributed by atoms with Crippen molar-refractivity contribution in [3.05, 3.63) is 87.8 Å². The quantitative estimate of drug-likeness (QED) is 0.455. The highest BCUT2D eigenvalue weighted by Crippen LogP contribution is 2.45. The number of aliphatic hydroxyl groups is 1. The van der Waals surface area contributed by atoms with Crippen molar-refractivity contribution in [1.82, 2.24) is 0 Å². The molecule has 1 unspecified atom stereocenters. The third-order valence-electron chi connectivity index (χ3n) is 5.51. The molecule has 0 fully saturated rings. The van der Waals surface area contributed by atoms with Gasteiger partial charge in [0.25, 0.3) is 5.91 Å². The van der Waals surface area contributed by atoms with E-state index < -0.39 is 17.7 Å². The summed E-state index contributed by atoms with van der Waals surface area (Å²) in [5.74, 6) is -0.975. The van der Waals surface area contributed by atoms with Gasteiger partial charge in [-0.05, 0) is 47.7 Å². The number of Topliss-reactive ketones (excluding diaryl/α,β-unsaturated/α-hetero) is 1. The average Bonchev–Trinajstić information content (AvgIpc) is 3.45. The number of benzene rings is 2. The number of aliphatic hydroxyl groups excluding tert-OH is 1. The standard InChI is InChI=1S/C26H26N2O4S/c1-4-15-32-20-9-6-5-8-19(20)28-23(17-11-13-18(14-12-17)27(2)3)22(25(30)26(28)31)24(29)21-10-7-16-33-21/h5-14,16,23,30H,4,15H2,1-3H3. The van der Waals surface area contributed by atoms with Gasteiger partial charge in [-0.1, -0.05) is 37.3 Å². The normalized spacial score (nSPS) is 15.8. The van der Waals surface area contributed by atoms with E-state index in [2.05, 4.69) is 0 Å². The van der Waals surface area contributed by atoms with Crippen molar-refractivity contribution in [2.75, 3.05) is 30.5 Å². The summed E-state index contributed by atoms with van der Waals surface area (Å²) in [7, 11) is 3.89. The van der Waals surface area contributed by atoms with Crippen molar-refractivity contribution in [3.8, 4) is 5.75 Å². The van der Waals surface area contributed by atoms with Crippen LogP contribution < -0.4 is 14.5 Å². The minimum Gasteiger partial charge on any atom is -0.503 e. The van der Waals surface area contributed by atoms with Gasteiger partial charge in [0.2, 0.25) is 5.78 Å². The number of para-hydroxylation sites is 2. The Labute approximate surface area is 197 Å². The van der Waals surface area contributed by atoms with Gasteiger partial charge in [-0.15, -0.1) is 11.3 Å². The molecule has 2 heterocycles. The summed E-state index contributed by atoms with van der Waals surface area (Å²) >= 11 is 1.28. The number of amides is 1. The molecule has 0 aliphatic carbocycles. The number of ketones is 1. The highest BCUT2D eigenvalue weighted by Gasteiger charge is 2.45. The van der Waals surface area contributed by atoms with Crippen molar-refractivity contribution >= 4 is 34.4 Å². The van der Waals surface area contributed by atoms with Crippen LogP contribution in [0.5, 0.6) is 5.75 Å². The molecule has 1 N–H and O–H groups in total. The number of thiophene rings is 1. The van der Waals surface area contributed by atoms with Crippen LogP contribution in [-0.4, -0.2) is 37.5 Å². The lowest BCUT2D eigenvalue weighted by Gasteiger charge is -2.28. The van der Waals surface area contributed by atoms with Gasteiger partial charge in [0.1, 0.15) is 5.75 Å². The third kappa shape index (κ3) is 4.24. The summed E-state index contributed by atoms with van der Waals surface area (Å²) in [5, 5.41) is 12.7. The van der Waals surface area contributed by atoms with E-state index >= 15 is 0 Å². The van der Waals surface area contributed by atoms with Crippen LogP contribution in [0.2, 0.25) is 0 Å². The summed E-state index contributed by atoms with van der Waals surface area (Å²) in [6.45, 7) is 2.49. The first kappa shape index (κ1) is 22.6. The number of carbonyl (C=O) groups excluding carboxylic acids is 2. The summed E-state index contributed by atoms with van der Waals surface area (Å²) in [6, 6.07) is 17.5. The van der Waals surface area contributed by atoms with E-state index in [1.807, 2.05) is 62.3 Å². The van der Waals surface area contributed by atoms with Crippen LogP contribution in [0.1, 0.15) is 34.6 Å². The van der Waals surface area contributed by atoms with Crippen LogP contribution in [0.4, 0.5) is 11.4 Å². The Bertz CT molecular complexity index is 1180. The van der Waals surface area contributed by atoms with Gasteiger partial charge in [0.15, 0.2) is 5.76 Å². The zero-order chi connectivity index (χ0) is 23.5. The van der Waals surface area contributed by atoms with Crippen LogP contribution >= 0.6 is 11.3 Å². The Hall–Kier alpha value is -3.58. The molecule has 0 saturated carbocycles. The van der Waals surface area contributed by atoms with E-state index in [1.165, 1.54) is 16.2 Å². The van der Waals surface area contributed by atoms with Crippen LogP contribution in [0, 0.1) is 0 Å². The Balaban J connectivity index is 1.86. The SMILES string of the molecule is CCCOc1ccccc1N1C(=O)C(O)=C(C(=O)c2cccs2)C1c1ccc(N(C)C)cc1. The second kappa shape index (κ2) is 9.50. The lowest BCUT2D eigenvalue weighted by Crippen LogP contribution is -2.31. The van der Waals surface area contributed by atoms with E-state index in [0.717, 1.165) is 17.7 Å². The number of ether oxygens (including phenoxy) is 1. The van der Waals surface area contributed by atoms with Gasteiger partial charge < -0.3 is 14.7 Å². The van der Waals surface area contributed by atoms with Crippen LogP contribution in [0.15, 0.2) is 77.4 Å². The van der Waals surface area contributed by atoms with E-state index in [-0.39, 0.29) is 11.4 Å². The first-order valence-electron chi connectivity index (χ1n) is 10.8. The molecule has 1 aliphatic rings. The van der Waals surface area contributed by atoms with Gasteiger partial charge in [-0.3, -0.25) is 14.5 Å². The molecule has 0 saturated heterocycles. The zero-order valence-corrected chi connectivity index (χ0v) is 19.6. The van der Waals surface area contributed by atoms with E-state index in [4.69, 9.17) is 4.74 Å². The monoisotopic (exact) mass is 462 g/mol. The molecule has 0 spiro atoms. The van der Waals surface area contributed by atoms with E-state index in [1.54, 1.807) is 29.6 Å². The second-order valence-corrected chi connectivity index (χ2v) is 8.90. The minimum atomic E-state index is -0.783. The highest BCUT2D eigenvalue weighted by molar-refractivity contribution is 7.12. The van der Waals surface area contributed by atoms with Crippen molar-refractivity contribution in [3.63, 3.8) is 0 Å². The molecule has 6 nitrogen and oxygen atoms in total. The third-order valence-corrected chi connectivity index (χ3v) is 6.38. The molecular weight excluding hydrogens is 436 g/mol. The van der Waals surface area contributed by atoms with Crippen LogP contribution in [-0.2, 0) is 4.79 Å². The molecule has 170 valence electrons. The fourth-order valence-electron chi connectivity index (χ4n) is 3.89. The maximum atomic E-state index is 13.4. The summed E-state index contributed by atoms with van der Waals surface area (Å²) < 4.78 is 5.90. The maximum absolute atomic E-state index is 13.4. The molecule has 4 rings (SSSR count). The number of hydrogen-bond acceptors (Lipinski definition) is 6. The van der Waals surface area contributed by atoms with Crippen LogP contribution in [0.25, 0.3) is 0 Å². The summed E-state index contributed by atoms with van der Waals surface area (Å²) in [4.78, 5) is 30.7. The molecule has 0 bridgehead atoms. The first-order chi connectivity index (χ1) is 15.9. The Kier molecular flexibility index (Phi) is 6.51. The van der Waals surface area contributed by atoms with Crippen molar-refractivity contribution in [1.29, 1.82) is 0 Å². The lowest BCUT2D eigenvalue weighted by atomic mass is 9.95. The van der Waals surface area contributed by atoms with Crippen LogP contribution in [0.3, 0.4) is 0 Å². The molecule has 0 radical (unpaired) electrons. The van der Waals surface area contributed by atoms with Crippen molar-refractivity contribution in [2.24, 2.45) is 0 Å². The molecule has 1 atom stereocenters. The molecule has 33 heavy (non-hydrogen) atoms. The molecule has 1 aliphatic heterocycles. The topological polar surface area (TPSA) is 70.1 Å². The van der Waals surface area contributed by atoms with Gasteiger partial charge in [-0.2, -0.15) is 0 Å². The zero-order valence-electron chi connectivity index (χ0n) is 18.8. The lowest BCUT2D eigenvalue weighted by molar-refractivity contribution is -0.117. The first-order valence-corrected chi connectivity index (χ1v) is 11.7. The van der Waals surface area contributed by atoms with Crippen molar-refractivity contribution < 1.29 is 19.4 Å². The fourth-order valence-corrected chi connectivity index (χ4v) is 4.56.